The maximum absolute atomic E-state index is 13.3. The molecule has 0 unspecified atom stereocenters. The third-order valence-corrected chi connectivity index (χ3v) is 9.82. The zero-order valence-electron chi connectivity index (χ0n) is 17.7. The summed E-state index contributed by atoms with van der Waals surface area (Å²) in [5.74, 6) is -0.291. The van der Waals surface area contributed by atoms with Gasteiger partial charge in [-0.1, -0.05) is 18.2 Å². The second-order valence-electron chi connectivity index (χ2n) is 10.6. The number of hydrogen-bond donors (Lipinski definition) is 0. The molecule has 0 N–H and O–H groups in total. The van der Waals surface area contributed by atoms with E-state index in [0.717, 1.165) is 42.4 Å². The predicted octanol–water partition coefficient (Wildman–Crippen LogP) is 3.02. The fourth-order valence-corrected chi connectivity index (χ4v) is 9.45. The fourth-order valence-electron chi connectivity index (χ4n) is 9.45. The molecule has 29 heavy (non-hydrogen) atoms. The zero-order valence-corrected chi connectivity index (χ0v) is 17.7. The van der Waals surface area contributed by atoms with Gasteiger partial charge in [0.05, 0.1) is 44.1 Å². The maximum Gasteiger partial charge on any atom is 0.311 e. The van der Waals surface area contributed by atoms with Gasteiger partial charge < -0.3 is 14.1 Å². The van der Waals surface area contributed by atoms with Crippen LogP contribution < -0.4 is 4.90 Å². The molecule has 3 saturated carbocycles. The number of fused-ring (bicyclic) bond motifs is 3. The molecule has 0 aromatic heterocycles. The van der Waals surface area contributed by atoms with Crippen LogP contribution in [0.5, 0.6) is 0 Å². The van der Waals surface area contributed by atoms with Crippen molar-refractivity contribution in [3.63, 3.8) is 0 Å². The standard InChI is InChI=1S/C24H31N2O3/c1-16(27)25-19-8-5-4-7-17(19)23-12-14-26(2)13-6-9-22(21(23)26)10-11-24(23,25)18(15-22)20(28)29-3/h4-5,7-8,18,21H,6,9-15H2,1-3H3/q+1/t18-,21-,22+,23-,24-,26+/m0/s1. The van der Waals surface area contributed by atoms with Crippen molar-refractivity contribution < 1.29 is 18.8 Å². The quantitative estimate of drug-likeness (QED) is 0.542. The molecule has 3 aliphatic carbocycles. The molecule has 5 fully saturated rings. The van der Waals surface area contributed by atoms with Crippen molar-refractivity contribution in [3.8, 4) is 0 Å². The van der Waals surface area contributed by atoms with Gasteiger partial charge in [-0.15, -0.1) is 0 Å². The average molecular weight is 396 g/mol. The summed E-state index contributed by atoms with van der Waals surface area (Å²) < 4.78 is 6.50. The summed E-state index contributed by atoms with van der Waals surface area (Å²) in [5, 5.41) is 0. The predicted molar refractivity (Wildman–Crippen MR) is 109 cm³/mol. The van der Waals surface area contributed by atoms with E-state index < -0.39 is 5.54 Å². The van der Waals surface area contributed by atoms with Gasteiger partial charge in [0.15, 0.2) is 0 Å². The average Bonchev–Trinajstić information content (AvgIpc) is 3.19. The summed E-state index contributed by atoms with van der Waals surface area (Å²) in [6.07, 6.45) is 6.42. The Hall–Kier alpha value is -1.88. The Kier molecular flexibility index (Phi) is 3.24. The molecule has 1 aromatic rings. The van der Waals surface area contributed by atoms with E-state index in [2.05, 4.69) is 30.1 Å². The Morgan fingerprint density at radius 1 is 1.14 bits per heavy atom. The van der Waals surface area contributed by atoms with E-state index in [1.807, 2.05) is 6.07 Å². The van der Waals surface area contributed by atoms with Crippen molar-refractivity contribution >= 4 is 17.6 Å². The molecule has 3 aliphatic heterocycles. The number of esters is 1. The Morgan fingerprint density at radius 3 is 2.69 bits per heavy atom. The molecule has 6 aliphatic rings. The van der Waals surface area contributed by atoms with Gasteiger partial charge in [-0.2, -0.15) is 0 Å². The number of carbonyl (C=O) groups is 2. The van der Waals surface area contributed by atoms with Gasteiger partial charge in [-0.3, -0.25) is 9.59 Å². The van der Waals surface area contributed by atoms with Gasteiger partial charge in [0.2, 0.25) is 5.91 Å². The lowest BCUT2D eigenvalue weighted by Crippen LogP contribution is -2.81. The molecule has 0 radical (unpaired) electrons. The minimum absolute atomic E-state index is 0.0644. The number of nitrogens with zero attached hydrogens (tertiary/aromatic N) is 2. The molecule has 1 amide bonds. The van der Waals surface area contributed by atoms with Crippen LogP contribution in [-0.4, -0.2) is 55.2 Å². The number of likely N-dealkylation sites (N-methyl/N-ethyl adjacent to an activating group) is 1. The van der Waals surface area contributed by atoms with E-state index in [1.54, 1.807) is 6.92 Å². The molecule has 5 nitrogen and oxygen atoms in total. The summed E-state index contributed by atoms with van der Waals surface area (Å²) in [7, 11) is 3.96. The van der Waals surface area contributed by atoms with Crippen LogP contribution in [0.15, 0.2) is 24.3 Å². The number of rotatable bonds is 1. The van der Waals surface area contributed by atoms with E-state index in [4.69, 9.17) is 4.74 Å². The minimum Gasteiger partial charge on any atom is -0.469 e. The highest BCUT2D eigenvalue weighted by Gasteiger charge is 2.85. The third-order valence-electron chi connectivity index (χ3n) is 9.82. The number of piperidine rings is 1. The lowest BCUT2D eigenvalue weighted by molar-refractivity contribution is -0.939. The van der Waals surface area contributed by atoms with Crippen molar-refractivity contribution in [2.75, 3.05) is 32.1 Å². The van der Waals surface area contributed by atoms with E-state index >= 15 is 0 Å². The molecule has 154 valence electrons. The van der Waals surface area contributed by atoms with Crippen LogP contribution in [0.4, 0.5) is 5.69 Å². The van der Waals surface area contributed by atoms with E-state index in [-0.39, 0.29) is 28.6 Å². The second kappa shape index (κ2) is 5.23. The van der Waals surface area contributed by atoms with Gasteiger partial charge >= 0.3 is 5.97 Å². The Bertz CT molecular complexity index is 946. The van der Waals surface area contributed by atoms with E-state index in [9.17, 15) is 9.59 Å². The normalized spacial score (nSPS) is 46.1. The highest BCUT2D eigenvalue weighted by molar-refractivity contribution is 5.99. The van der Waals surface area contributed by atoms with E-state index in [0.29, 0.717) is 6.04 Å². The van der Waals surface area contributed by atoms with Crippen LogP contribution in [0.1, 0.15) is 51.0 Å². The maximum atomic E-state index is 13.3. The van der Waals surface area contributed by atoms with Crippen molar-refractivity contribution in [2.24, 2.45) is 11.3 Å². The number of benzene rings is 1. The highest BCUT2D eigenvalue weighted by atomic mass is 16.5. The molecule has 3 heterocycles. The number of quaternary nitrogens is 1. The zero-order chi connectivity index (χ0) is 20.2. The number of ether oxygens (including phenoxy) is 1. The molecule has 6 atom stereocenters. The lowest BCUT2D eigenvalue weighted by atomic mass is 9.38. The largest absolute Gasteiger partial charge is 0.469 e. The highest BCUT2D eigenvalue weighted by Crippen LogP contribution is 2.77. The minimum atomic E-state index is -0.477. The summed E-state index contributed by atoms with van der Waals surface area (Å²) in [5.41, 5.74) is 1.94. The second-order valence-corrected chi connectivity index (χ2v) is 10.6. The van der Waals surface area contributed by atoms with Crippen molar-refractivity contribution in [3.05, 3.63) is 29.8 Å². The van der Waals surface area contributed by atoms with Gasteiger partial charge in [0, 0.05) is 24.4 Å². The van der Waals surface area contributed by atoms with Gasteiger partial charge in [-0.05, 0) is 43.7 Å². The van der Waals surface area contributed by atoms with Crippen LogP contribution in [0.25, 0.3) is 0 Å². The topological polar surface area (TPSA) is 46.6 Å². The van der Waals surface area contributed by atoms with Crippen molar-refractivity contribution in [2.45, 2.75) is 62.4 Å². The number of carbonyl (C=O) groups excluding carboxylic acids is 2. The summed E-state index contributed by atoms with van der Waals surface area (Å²) in [4.78, 5) is 28.5. The van der Waals surface area contributed by atoms with E-state index in [1.165, 1.54) is 32.1 Å². The summed E-state index contributed by atoms with van der Waals surface area (Å²) >= 11 is 0. The van der Waals surface area contributed by atoms with Gasteiger partial charge in [0.25, 0.3) is 0 Å². The number of methoxy groups -OCH3 is 1. The molecule has 7 rings (SSSR count). The first-order valence-corrected chi connectivity index (χ1v) is 11.2. The fraction of sp³-hybridized carbons (Fsp3) is 0.667. The SMILES string of the molecule is COC(=O)[C@@H]1C[C@@]23CCC[N@+]4(C)CC[C@]5(c6ccccc6N(C(C)=O)[C@@]15CC2)[C@H]34. The Labute approximate surface area is 172 Å². The number of amides is 1. The molecular formula is C24H31N2O3+. The number of anilines is 1. The van der Waals surface area contributed by atoms with Crippen LogP contribution in [0.3, 0.4) is 0 Å². The van der Waals surface area contributed by atoms with Crippen LogP contribution in [-0.2, 0) is 19.7 Å². The van der Waals surface area contributed by atoms with Crippen molar-refractivity contribution in [1.82, 2.24) is 0 Å². The van der Waals surface area contributed by atoms with Gasteiger partial charge in [0.1, 0.15) is 6.04 Å². The number of hydrogen-bond acceptors (Lipinski definition) is 3. The van der Waals surface area contributed by atoms with Crippen molar-refractivity contribution in [1.29, 1.82) is 0 Å². The van der Waals surface area contributed by atoms with Crippen LogP contribution in [0.2, 0.25) is 0 Å². The molecule has 3 spiro atoms. The van der Waals surface area contributed by atoms with Crippen LogP contribution >= 0.6 is 0 Å². The molecule has 1 aromatic carbocycles. The first-order chi connectivity index (χ1) is 13.9. The van der Waals surface area contributed by atoms with Gasteiger partial charge in [-0.25, -0.2) is 0 Å². The monoisotopic (exact) mass is 395 g/mol. The first kappa shape index (κ1) is 17.9. The number of para-hydroxylation sites is 1. The smallest absolute Gasteiger partial charge is 0.311 e. The van der Waals surface area contributed by atoms with Crippen LogP contribution in [0, 0.1) is 11.3 Å². The lowest BCUT2D eigenvalue weighted by Gasteiger charge is -2.70. The first-order valence-electron chi connectivity index (χ1n) is 11.2. The summed E-state index contributed by atoms with van der Waals surface area (Å²) in [6.45, 7) is 4.04. The summed E-state index contributed by atoms with van der Waals surface area (Å²) in [6, 6.07) is 9.02. The molecular weight excluding hydrogens is 364 g/mol. The third kappa shape index (κ3) is 1.68. The molecule has 5 heteroatoms. The molecule has 2 bridgehead atoms. The molecule has 2 saturated heterocycles. The Balaban J connectivity index is 1.72. The Morgan fingerprint density at radius 2 is 1.93 bits per heavy atom.